The second-order valence-electron chi connectivity index (χ2n) is 9.91. The number of hydrogen-bond acceptors (Lipinski definition) is 6. The van der Waals surface area contributed by atoms with Crippen molar-refractivity contribution in [3.05, 3.63) is 117 Å². The summed E-state index contributed by atoms with van der Waals surface area (Å²) in [5.74, 6) is -0.895. The quantitative estimate of drug-likeness (QED) is 0.138. The van der Waals surface area contributed by atoms with Crippen molar-refractivity contribution in [3.63, 3.8) is 0 Å². The van der Waals surface area contributed by atoms with Crippen LogP contribution < -0.4 is 0 Å². The number of thiophene rings is 1. The monoisotopic (exact) mass is 637 g/mol. The highest BCUT2D eigenvalue weighted by molar-refractivity contribution is 7.90. The summed E-state index contributed by atoms with van der Waals surface area (Å²) >= 11 is 6.12. The van der Waals surface area contributed by atoms with E-state index in [9.17, 15) is 24.3 Å². The van der Waals surface area contributed by atoms with E-state index < -0.39 is 23.1 Å². The van der Waals surface area contributed by atoms with Crippen LogP contribution >= 0.6 is 22.9 Å². The summed E-state index contributed by atoms with van der Waals surface area (Å²) in [5, 5.41) is 22.0. The van der Waals surface area contributed by atoms with Crippen LogP contribution in [0.1, 0.15) is 28.8 Å². The number of carbonyl (C=O) groups excluding carboxylic acids is 1. The zero-order valence-electron chi connectivity index (χ0n) is 23.1. The van der Waals surface area contributed by atoms with Crippen molar-refractivity contribution in [2.45, 2.75) is 17.7 Å². The second kappa shape index (κ2) is 12.2. The lowest BCUT2D eigenvalue weighted by Crippen LogP contribution is -2.14. The highest BCUT2D eigenvalue weighted by Gasteiger charge is 2.30. The van der Waals surface area contributed by atoms with Crippen LogP contribution in [0.4, 0.5) is 4.39 Å². The van der Waals surface area contributed by atoms with Gasteiger partial charge in [0.15, 0.2) is 4.90 Å². The van der Waals surface area contributed by atoms with Gasteiger partial charge < -0.3 is 9.29 Å². The fourth-order valence-corrected chi connectivity index (χ4v) is 7.71. The van der Waals surface area contributed by atoms with Crippen LogP contribution in [0.2, 0.25) is 0 Å². The van der Waals surface area contributed by atoms with Crippen LogP contribution in [-0.4, -0.2) is 21.6 Å². The van der Waals surface area contributed by atoms with Gasteiger partial charge in [0.1, 0.15) is 33.8 Å². The number of halogens is 2. The van der Waals surface area contributed by atoms with E-state index in [4.69, 9.17) is 16.3 Å². The second-order valence-corrected chi connectivity index (χ2v) is 12.6. The summed E-state index contributed by atoms with van der Waals surface area (Å²) in [6.07, 6.45) is 2.58. The molecule has 2 heterocycles. The molecule has 216 valence electrons. The molecule has 6 rings (SSSR count). The molecule has 1 aliphatic carbocycles. The lowest BCUT2D eigenvalue weighted by atomic mass is 9.91. The molecule has 0 aliphatic heterocycles. The number of nitriles is 2. The molecule has 0 saturated heterocycles. The van der Waals surface area contributed by atoms with Crippen molar-refractivity contribution in [2.75, 3.05) is 7.11 Å². The molecule has 0 bridgehead atoms. The van der Waals surface area contributed by atoms with Crippen LogP contribution in [0.25, 0.3) is 38.9 Å². The SMILES string of the molecule is COC(=O)C1=CC(Cl)=C(c2cccc(-c3c(-c4ccsc4C#N)c4cc(F)ccc4n3[S+]([O-])c3ccc(C#N)cc3)c2)CC1. The number of hydrogen-bond donors (Lipinski definition) is 0. The average molecular weight is 638 g/mol. The van der Waals surface area contributed by atoms with Gasteiger partial charge in [-0.2, -0.15) is 14.5 Å². The summed E-state index contributed by atoms with van der Waals surface area (Å²) in [5.41, 5.74) is 5.44. The third-order valence-electron chi connectivity index (χ3n) is 7.44. The van der Waals surface area contributed by atoms with Crippen LogP contribution in [0.5, 0.6) is 0 Å². The smallest absolute Gasteiger partial charge is 0.333 e. The molecule has 1 aliphatic rings. The summed E-state index contributed by atoms with van der Waals surface area (Å²) in [6.45, 7) is 0. The maximum Gasteiger partial charge on any atom is 0.333 e. The van der Waals surface area contributed by atoms with Crippen LogP contribution in [0.15, 0.2) is 99.8 Å². The molecule has 44 heavy (non-hydrogen) atoms. The third kappa shape index (κ3) is 5.21. The molecule has 0 radical (unpaired) electrons. The molecule has 1 unspecified atom stereocenters. The van der Waals surface area contributed by atoms with E-state index in [1.807, 2.05) is 30.3 Å². The maximum atomic E-state index is 14.8. The zero-order valence-corrected chi connectivity index (χ0v) is 25.5. The van der Waals surface area contributed by atoms with Gasteiger partial charge in [0.05, 0.1) is 24.3 Å². The molecule has 0 fully saturated rings. The van der Waals surface area contributed by atoms with Crippen LogP contribution in [0.3, 0.4) is 0 Å². The van der Waals surface area contributed by atoms with E-state index in [1.54, 1.807) is 45.8 Å². The molecule has 10 heteroatoms. The van der Waals surface area contributed by atoms with E-state index in [1.165, 1.54) is 30.6 Å². The molecule has 2 aromatic heterocycles. The van der Waals surface area contributed by atoms with Crippen LogP contribution in [-0.2, 0) is 20.9 Å². The van der Waals surface area contributed by atoms with Crippen molar-refractivity contribution in [1.82, 2.24) is 3.97 Å². The van der Waals surface area contributed by atoms with E-state index >= 15 is 0 Å². The summed E-state index contributed by atoms with van der Waals surface area (Å²) in [6, 6.07) is 24.4. The maximum absolute atomic E-state index is 14.8. The number of ether oxygens (including phenoxy) is 1. The van der Waals surface area contributed by atoms with Gasteiger partial charge in [0.25, 0.3) is 0 Å². The number of rotatable bonds is 6. The van der Waals surface area contributed by atoms with Crippen LogP contribution in [0, 0.1) is 28.5 Å². The lowest BCUT2D eigenvalue weighted by molar-refractivity contribution is -0.136. The van der Waals surface area contributed by atoms with Gasteiger partial charge in [-0.25, -0.2) is 9.18 Å². The Bertz CT molecular complexity index is 2100. The first-order valence-corrected chi connectivity index (χ1v) is 15.7. The number of nitrogens with zero attached hydrogens (tertiary/aromatic N) is 3. The summed E-state index contributed by atoms with van der Waals surface area (Å²) in [4.78, 5) is 13.0. The standard InChI is InChI=1S/C34H21ClFN3O3S2/c1-42-34(40)23-7-11-26(29(35)16-23)21-3-2-4-22(15-21)33-32(27-13-14-43-31(27)19-38)28-17-24(36)8-12-30(28)39(33)44(41)25-9-5-20(18-37)6-10-25/h2-6,8-10,12-17H,7,11H2,1H3. The van der Waals surface area contributed by atoms with Gasteiger partial charge in [0.2, 0.25) is 0 Å². The van der Waals surface area contributed by atoms with Gasteiger partial charge in [-0.15, -0.1) is 11.3 Å². The Morgan fingerprint density at radius 2 is 1.82 bits per heavy atom. The molecule has 0 spiro atoms. The molecule has 0 N–H and O–H groups in total. The third-order valence-corrected chi connectivity index (χ3v) is 9.98. The fraction of sp³-hybridized carbons (Fsp3) is 0.0882. The minimum atomic E-state index is -1.82. The normalized spacial score (nSPS) is 13.7. The van der Waals surface area contributed by atoms with Gasteiger partial charge in [-0.1, -0.05) is 29.8 Å². The summed E-state index contributed by atoms with van der Waals surface area (Å²) < 4.78 is 35.7. The average Bonchev–Trinajstić information content (AvgIpc) is 3.65. The highest BCUT2D eigenvalue weighted by atomic mass is 35.5. The topological polar surface area (TPSA) is 102 Å². The van der Waals surface area contributed by atoms with Crippen molar-refractivity contribution >= 4 is 56.7 Å². The first-order chi connectivity index (χ1) is 21.3. The predicted octanol–water partition coefficient (Wildman–Crippen LogP) is 8.33. The van der Waals surface area contributed by atoms with Crippen molar-refractivity contribution in [3.8, 4) is 34.5 Å². The van der Waals surface area contributed by atoms with E-state index in [2.05, 4.69) is 12.1 Å². The number of methoxy groups -OCH3 is 1. The molecular weight excluding hydrogens is 617 g/mol. The van der Waals surface area contributed by atoms with Gasteiger partial charge in [0, 0.05) is 32.7 Å². The van der Waals surface area contributed by atoms with E-state index in [-0.39, 0.29) is 0 Å². The zero-order chi connectivity index (χ0) is 31.0. The number of fused-ring (bicyclic) bond motifs is 1. The van der Waals surface area contributed by atoms with Crippen molar-refractivity contribution in [1.29, 1.82) is 10.5 Å². The van der Waals surface area contributed by atoms with Gasteiger partial charge >= 0.3 is 5.97 Å². The largest absolute Gasteiger partial charge is 0.587 e. The molecular formula is C34H21ClFN3O3S2. The fourth-order valence-electron chi connectivity index (χ4n) is 5.41. The van der Waals surface area contributed by atoms with Gasteiger partial charge in [-0.05, 0) is 90.0 Å². The molecule has 0 saturated carbocycles. The minimum Gasteiger partial charge on any atom is -0.587 e. The predicted molar refractivity (Wildman–Crippen MR) is 170 cm³/mol. The number of aromatic nitrogens is 1. The van der Waals surface area contributed by atoms with E-state index in [0.29, 0.717) is 72.1 Å². The first-order valence-electron chi connectivity index (χ1n) is 13.4. The minimum absolute atomic E-state index is 0.419. The molecule has 3 aromatic carbocycles. The van der Waals surface area contributed by atoms with E-state index in [0.717, 1.165) is 11.1 Å². The Hall–Kier alpha value is -4.64. The number of benzene rings is 3. The Balaban J connectivity index is 1.64. The molecule has 0 amide bonds. The number of allylic oxidation sites excluding steroid dienone is 3. The Morgan fingerprint density at radius 3 is 2.52 bits per heavy atom. The molecule has 6 nitrogen and oxygen atoms in total. The Kier molecular flexibility index (Phi) is 8.13. The Labute approximate surface area is 264 Å². The summed E-state index contributed by atoms with van der Waals surface area (Å²) in [7, 11) is 1.33. The lowest BCUT2D eigenvalue weighted by Gasteiger charge is -2.18. The first kappa shape index (κ1) is 29.4. The van der Waals surface area contributed by atoms with Crippen molar-refractivity contribution in [2.24, 2.45) is 0 Å². The number of esters is 1. The molecule has 1 atom stereocenters. The highest BCUT2D eigenvalue weighted by Crippen LogP contribution is 2.46. The Morgan fingerprint density at radius 1 is 1.05 bits per heavy atom. The van der Waals surface area contributed by atoms with Gasteiger partial charge in [-0.3, -0.25) is 0 Å². The molecule has 5 aromatic rings. The van der Waals surface area contributed by atoms with Crippen molar-refractivity contribution < 1.29 is 18.5 Å². The number of carbonyl (C=O) groups is 1.